The topological polar surface area (TPSA) is 113 Å². The van der Waals surface area contributed by atoms with Crippen LogP contribution in [0.4, 0.5) is 5.69 Å². The molecular weight excluding hydrogens is 378 g/mol. The number of aromatic nitrogens is 2. The van der Waals surface area contributed by atoms with Crippen LogP contribution in [0.5, 0.6) is 0 Å². The molecule has 0 radical (unpaired) electrons. The van der Waals surface area contributed by atoms with Gasteiger partial charge in [0, 0.05) is 11.6 Å². The van der Waals surface area contributed by atoms with E-state index in [1.807, 2.05) is 24.3 Å². The number of nitrogens with zero attached hydrogens (tertiary/aromatic N) is 3. The van der Waals surface area contributed by atoms with Gasteiger partial charge in [-0.05, 0) is 18.2 Å². The van der Waals surface area contributed by atoms with Gasteiger partial charge in [0.1, 0.15) is 5.02 Å². The van der Waals surface area contributed by atoms with E-state index in [-0.39, 0.29) is 22.4 Å². The summed E-state index contributed by atoms with van der Waals surface area (Å²) in [5.74, 6) is -0.201. The number of para-hydroxylation sites is 2. The van der Waals surface area contributed by atoms with Gasteiger partial charge in [-0.2, -0.15) is 5.10 Å². The molecule has 10 heteroatoms. The minimum atomic E-state index is -0.581. The van der Waals surface area contributed by atoms with Crippen molar-refractivity contribution in [3.63, 3.8) is 0 Å². The smallest absolute Gasteiger partial charge is 0.288 e. The number of imidazole rings is 1. The molecule has 3 rings (SSSR count). The van der Waals surface area contributed by atoms with Crippen molar-refractivity contribution in [1.29, 1.82) is 0 Å². The zero-order chi connectivity index (χ0) is 18.5. The van der Waals surface area contributed by atoms with Gasteiger partial charge >= 0.3 is 0 Å². The lowest BCUT2D eigenvalue weighted by Gasteiger charge is -1.99. The van der Waals surface area contributed by atoms with E-state index in [9.17, 15) is 14.9 Å². The van der Waals surface area contributed by atoms with E-state index in [4.69, 9.17) is 11.6 Å². The summed E-state index contributed by atoms with van der Waals surface area (Å²) in [6, 6.07) is 11.8. The number of thioether (sulfide) groups is 1. The average Bonchev–Trinajstić information content (AvgIpc) is 3.04. The number of amides is 1. The zero-order valence-corrected chi connectivity index (χ0v) is 14.8. The molecule has 0 unspecified atom stereocenters. The van der Waals surface area contributed by atoms with Crippen molar-refractivity contribution in [2.45, 2.75) is 5.16 Å². The number of rotatable bonds is 6. The standard InChI is InChI=1S/C16H12ClN5O3S/c17-11-6-5-10(7-14(11)22(24)25)8-18-21-15(23)9-26-16-19-12-3-1-2-4-13(12)20-16/h1-8H,9H2,(H,19,20)(H,21,23)/b18-8+. The number of nitro groups is 1. The molecule has 0 aliphatic carbocycles. The van der Waals surface area contributed by atoms with Gasteiger partial charge in [0.25, 0.3) is 11.6 Å². The minimum Gasteiger partial charge on any atom is -0.333 e. The van der Waals surface area contributed by atoms with Crippen LogP contribution in [0.25, 0.3) is 11.0 Å². The first-order valence-electron chi connectivity index (χ1n) is 7.36. The molecule has 0 aliphatic rings. The van der Waals surface area contributed by atoms with Gasteiger partial charge in [0.05, 0.1) is 27.9 Å². The summed E-state index contributed by atoms with van der Waals surface area (Å²) in [4.78, 5) is 29.6. The maximum absolute atomic E-state index is 11.8. The Morgan fingerprint density at radius 1 is 1.38 bits per heavy atom. The van der Waals surface area contributed by atoms with Gasteiger partial charge < -0.3 is 4.98 Å². The number of carbonyl (C=O) groups is 1. The number of hydrogen-bond donors (Lipinski definition) is 2. The summed E-state index contributed by atoms with van der Waals surface area (Å²) in [5, 5.41) is 15.3. The molecule has 0 spiro atoms. The molecule has 0 saturated heterocycles. The van der Waals surface area contributed by atoms with Crippen molar-refractivity contribution in [1.82, 2.24) is 15.4 Å². The number of aromatic amines is 1. The second kappa shape index (κ2) is 7.98. The Labute approximate surface area is 156 Å². The summed E-state index contributed by atoms with van der Waals surface area (Å²) >= 11 is 6.99. The Morgan fingerprint density at radius 3 is 2.96 bits per heavy atom. The Morgan fingerprint density at radius 2 is 2.19 bits per heavy atom. The van der Waals surface area contributed by atoms with Crippen LogP contribution in [0.3, 0.4) is 0 Å². The molecule has 132 valence electrons. The van der Waals surface area contributed by atoms with E-state index in [1.54, 1.807) is 6.07 Å². The fraction of sp³-hybridized carbons (Fsp3) is 0.0625. The highest BCUT2D eigenvalue weighted by Gasteiger charge is 2.12. The first kappa shape index (κ1) is 17.9. The normalized spacial score (nSPS) is 11.1. The van der Waals surface area contributed by atoms with E-state index < -0.39 is 4.92 Å². The summed E-state index contributed by atoms with van der Waals surface area (Å²) in [6.07, 6.45) is 1.31. The average molecular weight is 390 g/mol. The highest BCUT2D eigenvalue weighted by molar-refractivity contribution is 7.99. The van der Waals surface area contributed by atoms with Crippen molar-refractivity contribution in [3.8, 4) is 0 Å². The van der Waals surface area contributed by atoms with E-state index in [0.29, 0.717) is 10.7 Å². The molecule has 26 heavy (non-hydrogen) atoms. The number of H-pyrrole nitrogens is 1. The molecule has 8 nitrogen and oxygen atoms in total. The molecule has 2 N–H and O–H groups in total. The second-order valence-electron chi connectivity index (χ2n) is 5.11. The minimum absolute atomic E-state index is 0.0402. The second-order valence-corrected chi connectivity index (χ2v) is 6.48. The van der Waals surface area contributed by atoms with E-state index in [0.717, 1.165) is 11.0 Å². The van der Waals surface area contributed by atoms with E-state index in [1.165, 1.54) is 30.1 Å². The van der Waals surface area contributed by atoms with Gasteiger partial charge in [0.2, 0.25) is 0 Å². The summed E-state index contributed by atoms with van der Waals surface area (Å²) in [5.41, 5.74) is 4.33. The number of hydrazone groups is 1. The lowest BCUT2D eigenvalue weighted by molar-refractivity contribution is -0.384. The number of fused-ring (bicyclic) bond motifs is 1. The molecule has 0 fully saturated rings. The number of nitrogens with one attached hydrogen (secondary N) is 2. The molecule has 1 aromatic heterocycles. The van der Waals surface area contributed by atoms with Crippen molar-refractivity contribution < 1.29 is 9.72 Å². The van der Waals surface area contributed by atoms with Gasteiger partial charge in [-0.1, -0.05) is 41.6 Å². The predicted molar refractivity (Wildman–Crippen MR) is 101 cm³/mol. The predicted octanol–water partition coefficient (Wildman–Crippen LogP) is 3.37. The first-order valence-corrected chi connectivity index (χ1v) is 8.72. The van der Waals surface area contributed by atoms with Crippen molar-refractivity contribution in [3.05, 3.63) is 63.2 Å². The number of halogens is 1. The largest absolute Gasteiger partial charge is 0.333 e. The van der Waals surface area contributed by atoms with Gasteiger partial charge in [-0.3, -0.25) is 14.9 Å². The SMILES string of the molecule is O=C(CSc1nc2ccccc2[nH]1)N/N=C/c1ccc(Cl)c([N+](=O)[O-])c1. The molecule has 1 heterocycles. The van der Waals surface area contributed by atoms with Crippen LogP contribution < -0.4 is 5.43 Å². The van der Waals surface area contributed by atoms with Crippen LogP contribution >= 0.6 is 23.4 Å². The van der Waals surface area contributed by atoms with E-state index >= 15 is 0 Å². The summed E-state index contributed by atoms with van der Waals surface area (Å²) in [7, 11) is 0. The van der Waals surface area contributed by atoms with Gasteiger partial charge in [-0.15, -0.1) is 0 Å². The maximum atomic E-state index is 11.8. The number of benzene rings is 2. The summed E-state index contributed by atoms with van der Waals surface area (Å²) in [6.45, 7) is 0. The number of carbonyl (C=O) groups excluding carboxylic acids is 1. The van der Waals surface area contributed by atoms with Crippen LogP contribution in [0.1, 0.15) is 5.56 Å². The molecule has 0 saturated carbocycles. The third-order valence-corrected chi connectivity index (χ3v) is 4.47. The van der Waals surface area contributed by atoms with Crippen molar-refractivity contribution in [2.24, 2.45) is 5.10 Å². The van der Waals surface area contributed by atoms with Crippen LogP contribution in [-0.4, -0.2) is 32.8 Å². The zero-order valence-electron chi connectivity index (χ0n) is 13.2. The third kappa shape index (κ3) is 4.38. The van der Waals surface area contributed by atoms with Gasteiger partial charge in [-0.25, -0.2) is 10.4 Å². The van der Waals surface area contributed by atoms with Crippen LogP contribution in [-0.2, 0) is 4.79 Å². The number of nitro benzene ring substituents is 1. The Hall–Kier alpha value is -2.91. The van der Waals surface area contributed by atoms with Crippen LogP contribution in [0.2, 0.25) is 5.02 Å². The first-order chi connectivity index (χ1) is 12.5. The Bertz CT molecular complexity index is 971. The molecule has 2 aromatic carbocycles. The van der Waals surface area contributed by atoms with Crippen LogP contribution in [0.15, 0.2) is 52.7 Å². The molecule has 0 aliphatic heterocycles. The Kier molecular flexibility index (Phi) is 5.49. The molecule has 3 aromatic rings. The number of hydrogen-bond acceptors (Lipinski definition) is 6. The van der Waals surface area contributed by atoms with Crippen molar-refractivity contribution >= 4 is 52.2 Å². The fourth-order valence-corrected chi connectivity index (χ4v) is 2.96. The molecule has 0 atom stereocenters. The monoisotopic (exact) mass is 389 g/mol. The quantitative estimate of drug-likeness (QED) is 0.290. The fourth-order valence-electron chi connectivity index (χ4n) is 2.09. The molecular formula is C16H12ClN5O3S. The maximum Gasteiger partial charge on any atom is 0.288 e. The van der Waals surface area contributed by atoms with Crippen LogP contribution in [0, 0.1) is 10.1 Å². The highest BCUT2D eigenvalue weighted by atomic mass is 35.5. The van der Waals surface area contributed by atoms with Crippen molar-refractivity contribution in [2.75, 3.05) is 5.75 Å². The van der Waals surface area contributed by atoms with E-state index in [2.05, 4.69) is 20.5 Å². The highest BCUT2D eigenvalue weighted by Crippen LogP contribution is 2.24. The molecule has 0 bridgehead atoms. The Balaban J connectivity index is 1.54. The molecule has 1 amide bonds. The summed E-state index contributed by atoms with van der Waals surface area (Å²) < 4.78 is 0. The third-order valence-electron chi connectivity index (χ3n) is 3.28. The lowest BCUT2D eigenvalue weighted by Crippen LogP contribution is -2.19. The van der Waals surface area contributed by atoms with Gasteiger partial charge in [0.15, 0.2) is 5.16 Å². The lowest BCUT2D eigenvalue weighted by atomic mass is 10.2.